The van der Waals surface area contributed by atoms with E-state index in [0.29, 0.717) is 0 Å². The molecule has 9 heteroatoms. The monoisotopic (exact) mass is 1210 g/mol. The number of pyridine rings is 1. The minimum Gasteiger partial charge on any atom is -0.501 e. The maximum atomic E-state index is 12.8. The van der Waals surface area contributed by atoms with Crippen LogP contribution in [0, 0.1) is 17.9 Å². The molecule has 0 fully saturated rings. The average molecular weight is 1210 g/mol. The molecule has 1 radical (unpaired) electrons. The van der Waals surface area contributed by atoms with Gasteiger partial charge in [-0.05, 0) is 133 Å². The number of nitrogens with zero attached hydrogens (tertiary/aromatic N) is 3. The molecule has 0 saturated carbocycles. The van der Waals surface area contributed by atoms with Crippen molar-refractivity contribution in [3.8, 4) is 73.6 Å². The van der Waals surface area contributed by atoms with E-state index in [0.717, 1.165) is 101 Å². The number of hydrogen-bond donors (Lipinski definition) is 0. The van der Waals surface area contributed by atoms with Gasteiger partial charge in [0.15, 0.2) is 0 Å². The van der Waals surface area contributed by atoms with Crippen LogP contribution >= 0.6 is 0 Å². The van der Waals surface area contributed by atoms with Gasteiger partial charge >= 0.3 is 0 Å². The number of para-hydroxylation sites is 3. The third kappa shape index (κ3) is 9.25. The van der Waals surface area contributed by atoms with E-state index in [1.807, 2.05) is 48.5 Å². The second-order valence-corrected chi connectivity index (χ2v) is 22.0. The van der Waals surface area contributed by atoms with Crippen molar-refractivity contribution in [3.05, 3.63) is 229 Å². The van der Waals surface area contributed by atoms with Crippen LogP contribution in [0.2, 0.25) is 0 Å². The zero-order chi connectivity index (χ0) is 53.4. The molecule has 14 rings (SSSR count). The third-order valence-corrected chi connectivity index (χ3v) is 15.3. The number of ether oxygens (including phenoxy) is 2. The first-order valence-corrected chi connectivity index (χ1v) is 26.8. The van der Waals surface area contributed by atoms with E-state index in [1.54, 1.807) is 12.3 Å². The van der Waals surface area contributed by atoms with Crippen molar-refractivity contribution in [2.24, 2.45) is 0 Å². The summed E-state index contributed by atoms with van der Waals surface area (Å²) in [6.45, 7) is 15.6. The Hall–Kier alpha value is -8.36. The number of fused-ring (bicyclic) bond motifs is 8. The number of halogens is 1. The Morgan fingerprint density at radius 2 is 1.25 bits per heavy atom. The van der Waals surface area contributed by atoms with Gasteiger partial charge in [0.1, 0.15) is 28.6 Å². The van der Waals surface area contributed by atoms with E-state index in [4.69, 9.17) is 18.9 Å². The Morgan fingerprint density at radius 1 is 0.595 bits per heavy atom. The van der Waals surface area contributed by atoms with E-state index in [9.17, 15) is 4.39 Å². The van der Waals surface area contributed by atoms with Gasteiger partial charge in [0.25, 0.3) is 6.71 Å². The van der Waals surface area contributed by atoms with E-state index in [1.165, 1.54) is 51.1 Å². The van der Waals surface area contributed by atoms with Crippen LogP contribution in [-0.4, -0.2) is 21.2 Å². The van der Waals surface area contributed by atoms with Crippen LogP contribution in [0.3, 0.4) is 0 Å². The number of rotatable bonds is 7. The Balaban J connectivity index is 0.000000297. The molecule has 6 nitrogen and oxygen atoms in total. The Morgan fingerprint density at radius 3 is 1.96 bits per heavy atom. The van der Waals surface area contributed by atoms with Crippen LogP contribution in [-0.2, 0) is 25.5 Å². The molecule has 0 aliphatic carbocycles. The molecular weight excluding hydrogens is 1150 g/mol. The van der Waals surface area contributed by atoms with Crippen LogP contribution < -0.4 is 25.9 Å². The molecule has 3 aromatic heterocycles. The zero-order valence-corrected chi connectivity index (χ0v) is 47.4. The first-order chi connectivity index (χ1) is 37.9. The van der Waals surface area contributed by atoms with E-state index < -0.39 is 0 Å². The fraction of sp³-hybridized carbons (Fsp3) is 0.143. The number of hydrogen-bond acceptors (Lipinski definition) is 5. The van der Waals surface area contributed by atoms with Crippen molar-refractivity contribution in [3.63, 3.8) is 0 Å². The minimum absolute atomic E-state index is 0. The summed E-state index contributed by atoms with van der Waals surface area (Å²) in [4.78, 5) is 9.70. The molecule has 5 heterocycles. The van der Waals surface area contributed by atoms with Crippen LogP contribution in [0.5, 0.6) is 23.0 Å². The van der Waals surface area contributed by atoms with Crippen LogP contribution in [0.1, 0.15) is 77.0 Å². The van der Waals surface area contributed by atoms with Crippen molar-refractivity contribution in [2.45, 2.75) is 65.7 Å². The summed E-state index contributed by atoms with van der Waals surface area (Å²) in [5, 5.41) is 1.98. The summed E-state index contributed by atoms with van der Waals surface area (Å²) in [5.74, 6) is 4.29. The summed E-state index contributed by atoms with van der Waals surface area (Å²) in [5.41, 5.74) is 19.0. The fourth-order valence-electron chi connectivity index (χ4n) is 11.3. The van der Waals surface area contributed by atoms with E-state index in [-0.39, 0.29) is 49.9 Å². The van der Waals surface area contributed by atoms with Crippen LogP contribution in [0.4, 0.5) is 4.39 Å². The van der Waals surface area contributed by atoms with Crippen molar-refractivity contribution in [1.82, 2.24) is 14.5 Å². The quantitative estimate of drug-likeness (QED) is 0.118. The van der Waals surface area contributed by atoms with Gasteiger partial charge in [-0.3, -0.25) is 9.37 Å². The van der Waals surface area contributed by atoms with Crippen molar-refractivity contribution >= 4 is 56.1 Å². The molecule has 0 bridgehead atoms. The third-order valence-electron chi connectivity index (χ3n) is 15.3. The second kappa shape index (κ2) is 20.5. The Labute approximate surface area is 474 Å². The van der Waals surface area contributed by atoms with Crippen LogP contribution in [0.25, 0.3) is 83.6 Å². The molecule has 0 saturated heterocycles. The molecule has 2 aliphatic rings. The number of aromatic nitrogens is 3. The molecule has 0 unspecified atom stereocenters. The molecular formula is C70H55BFIrN3O3-2. The molecule has 9 aromatic carbocycles. The molecule has 2 aliphatic heterocycles. The molecule has 0 amide bonds. The predicted molar refractivity (Wildman–Crippen MR) is 317 cm³/mol. The summed E-state index contributed by atoms with van der Waals surface area (Å²) in [6.07, 6.45) is 1.78. The molecule has 0 spiro atoms. The molecule has 0 N–H and O–H groups in total. The largest absolute Gasteiger partial charge is 0.501 e. The minimum atomic E-state index is -0.277. The Kier molecular flexibility index (Phi) is 13.3. The van der Waals surface area contributed by atoms with Gasteiger partial charge in [0.05, 0.1) is 22.4 Å². The molecule has 389 valence electrons. The van der Waals surface area contributed by atoms with Crippen molar-refractivity contribution in [2.75, 3.05) is 0 Å². The fourth-order valence-corrected chi connectivity index (χ4v) is 11.3. The van der Waals surface area contributed by atoms with Crippen molar-refractivity contribution in [1.29, 1.82) is 0 Å². The predicted octanol–water partition coefficient (Wildman–Crippen LogP) is 16.7. The summed E-state index contributed by atoms with van der Waals surface area (Å²) in [7, 11) is 0. The second-order valence-electron chi connectivity index (χ2n) is 22.0. The topological polar surface area (TPSA) is 62.3 Å². The van der Waals surface area contributed by atoms with Gasteiger partial charge in [-0.15, -0.1) is 48.0 Å². The zero-order valence-electron chi connectivity index (χ0n) is 45.0. The SMILES string of the molecule is CC(C)(C)c1ccnc(-c2[c-]cc(F)cc2)c1.CC(C)c1cc(-c2ccc(-c3ccccc3)cc2)cc(C(C)C)c1-n1c(-c2[c-]ccc3c2oc2cc4c(cc23)Oc2cccc3c2B4c2ccccc2O3)nc2ccccc21.[Ir]. The van der Waals surface area contributed by atoms with Gasteiger partial charge in [0.2, 0.25) is 0 Å². The normalized spacial score (nSPS) is 12.4. The van der Waals surface area contributed by atoms with Gasteiger partial charge in [-0.1, -0.05) is 156 Å². The average Bonchev–Trinajstić information content (AvgIpc) is 4.28. The van der Waals surface area contributed by atoms with Gasteiger partial charge in [-0.2, -0.15) is 0 Å². The molecule has 12 aromatic rings. The number of imidazole rings is 1. The first-order valence-electron chi connectivity index (χ1n) is 26.8. The van der Waals surface area contributed by atoms with Crippen molar-refractivity contribution < 1.29 is 38.4 Å². The van der Waals surface area contributed by atoms with E-state index in [2.05, 4.69) is 191 Å². The van der Waals surface area contributed by atoms with Gasteiger partial charge < -0.3 is 23.4 Å². The van der Waals surface area contributed by atoms with Gasteiger partial charge in [0, 0.05) is 48.7 Å². The standard InChI is InChI=1S/C55H40BN2O3.C15H15FN.Ir/c1-32(2)40-28-37(36-26-24-35(25-27-36)34-14-6-5-7-15-34)29-41(33(3)4)53(40)58-46-20-10-9-19-45(46)57-55(58)39-17-12-16-38-42-30-51-44(31-50(42)61-54(38)39)56-43-18-8-11-21-47(43)59-48-22-13-23-49(60-51)52(48)56;1-15(2,3)12-8-9-17-14(10-12)11-4-6-13(16)7-5-11;/h5-16,18-33H,1-4H3;4,6-10H,1-3H3;/q2*-1;. The van der Waals surface area contributed by atoms with Crippen LogP contribution in [0.15, 0.2) is 199 Å². The molecule has 79 heavy (non-hydrogen) atoms. The smallest absolute Gasteiger partial charge is 0.260 e. The number of furan rings is 1. The first kappa shape index (κ1) is 51.4. The maximum Gasteiger partial charge on any atom is 0.260 e. The van der Waals surface area contributed by atoms with Gasteiger partial charge in [-0.25, -0.2) is 0 Å². The number of benzene rings is 9. The van der Waals surface area contributed by atoms with E-state index >= 15 is 0 Å². The summed E-state index contributed by atoms with van der Waals surface area (Å²) in [6, 6.07) is 70.5. The Bertz CT molecular complexity index is 4240. The molecule has 0 atom stereocenters. The summed E-state index contributed by atoms with van der Waals surface area (Å²) < 4.78 is 35.3. The maximum absolute atomic E-state index is 12.8. The summed E-state index contributed by atoms with van der Waals surface area (Å²) >= 11 is 0.